The lowest BCUT2D eigenvalue weighted by Gasteiger charge is -2.15. The Balaban J connectivity index is 1.06. The van der Waals surface area contributed by atoms with Crippen LogP contribution in [0.1, 0.15) is 29.9 Å². The summed E-state index contributed by atoms with van der Waals surface area (Å²) in [6.45, 7) is 4.94. The molecule has 1 aliphatic heterocycles. The average Bonchev–Trinajstić information content (AvgIpc) is 3.50. The van der Waals surface area contributed by atoms with Crippen molar-refractivity contribution in [3.05, 3.63) is 90.0 Å². The molecule has 1 saturated carbocycles. The quantitative estimate of drug-likeness (QED) is 0.531. The maximum absolute atomic E-state index is 6.02. The Hall–Kier alpha value is -2.66. The van der Waals surface area contributed by atoms with Crippen LogP contribution in [0.5, 0.6) is 5.75 Å². The van der Waals surface area contributed by atoms with Crippen molar-refractivity contribution in [2.45, 2.75) is 37.5 Å². The fourth-order valence-corrected chi connectivity index (χ4v) is 4.66. The summed E-state index contributed by atoms with van der Waals surface area (Å²) in [5.41, 5.74) is 11.0. The summed E-state index contributed by atoms with van der Waals surface area (Å²) in [5.74, 6) is 1.56. The number of nitrogens with two attached hydrogens (primary N) is 1. The topological polar surface area (TPSA) is 50.5 Å². The van der Waals surface area contributed by atoms with Crippen molar-refractivity contribution >= 4 is 0 Å². The molecular weight excluding hydrogens is 394 g/mol. The molecule has 1 aliphatic carbocycles. The Labute approximate surface area is 191 Å². The van der Waals surface area contributed by atoms with Gasteiger partial charge in [-0.2, -0.15) is 0 Å². The molecule has 4 heteroatoms. The molecule has 3 aromatic carbocycles. The van der Waals surface area contributed by atoms with Crippen molar-refractivity contribution in [2.75, 3.05) is 26.2 Å². The maximum atomic E-state index is 6.02. The van der Waals surface area contributed by atoms with Crippen molar-refractivity contribution in [1.29, 1.82) is 0 Å². The molecule has 2 fully saturated rings. The Kier molecular flexibility index (Phi) is 6.54. The number of nitrogens with one attached hydrogen (secondary N) is 1. The molecule has 32 heavy (non-hydrogen) atoms. The molecule has 3 N–H and O–H groups in total. The van der Waals surface area contributed by atoms with E-state index in [1.165, 1.54) is 28.7 Å². The fourth-order valence-electron chi connectivity index (χ4n) is 4.66. The van der Waals surface area contributed by atoms with Gasteiger partial charge in [-0.05, 0) is 53.8 Å². The van der Waals surface area contributed by atoms with Gasteiger partial charge in [0.15, 0.2) is 0 Å². The summed E-state index contributed by atoms with van der Waals surface area (Å²) in [6, 6.07) is 28.7. The average molecular weight is 428 g/mol. The summed E-state index contributed by atoms with van der Waals surface area (Å²) in [5, 5.41) is 3.71. The Morgan fingerprint density at radius 1 is 0.906 bits per heavy atom. The van der Waals surface area contributed by atoms with E-state index in [2.05, 4.69) is 83.0 Å². The van der Waals surface area contributed by atoms with Crippen molar-refractivity contribution in [1.82, 2.24) is 10.2 Å². The van der Waals surface area contributed by atoms with E-state index in [0.29, 0.717) is 24.6 Å². The minimum absolute atomic E-state index is 0.373. The van der Waals surface area contributed by atoms with Gasteiger partial charge >= 0.3 is 0 Å². The van der Waals surface area contributed by atoms with Gasteiger partial charge in [-0.3, -0.25) is 0 Å². The largest absolute Gasteiger partial charge is 0.489 e. The molecule has 2 aliphatic rings. The standard InChI is InChI=1S/C28H33N3O/c29-25-14-16-31(19-25)17-15-30-28-18-27(28)24-10-12-26(13-11-24)32-20-21-6-8-23(9-7-21)22-4-2-1-3-5-22/h1-13,25,27-28,30H,14-20,29H2. The second-order valence-corrected chi connectivity index (χ2v) is 9.17. The molecule has 3 unspecified atom stereocenters. The Morgan fingerprint density at radius 2 is 1.66 bits per heavy atom. The molecule has 3 aromatic rings. The highest BCUT2D eigenvalue weighted by Crippen LogP contribution is 2.41. The maximum Gasteiger partial charge on any atom is 0.119 e. The number of nitrogens with zero attached hydrogens (tertiary/aromatic N) is 1. The predicted octanol–water partition coefficient (Wildman–Crippen LogP) is 4.41. The van der Waals surface area contributed by atoms with Crippen LogP contribution >= 0.6 is 0 Å². The van der Waals surface area contributed by atoms with Crippen LogP contribution in [-0.2, 0) is 6.61 Å². The smallest absolute Gasteiger partial charge is 0.119 e. The normalized spacial score (nSPS) is 22.7. The van der Waals surface area contributed by atoms with Gasteiger partial charge in [0, 0.05) is 37.6 Å². The van der Waals surface area contributed by atoms with Crippen LogP contribution in [0.3, 0.4) is 0 Å². The highest BCUT2D eigenvalue weighted by atomic mass is 16.5. The third-order valence-corrected chi connectivity index (χ3v) is 6.71. The van der Waals surface area contributed by atoms with Gasteiger partial charge in [-0.15, -0.1) is 0 Å². The third kappa shape index (κ3) is 5.39. The van der Waals surface area contributed by atoms with Gasteiger partial charge in [0.25, 0.3) is 0 Å². The molecule has 0 radical (unpaired) electrons. The van der Waals surface area contributed by atoms with Crippen molar-refractivity contribution in [3.8, 4) is 16.9 Å². The molecular formula is C28H33N3O. The third-order valence-electron chi connectivity index (χ3n) is 6.71. The van der Waals surface area contributed by atoms with Crippen LogP contribution in [0.15, 0.2) is 78.9 Å². The molecule has 1 saturated heterocycles. The van der Waals surface area contributed by atoms with Crippen LogP contribution in [0, 0.1) is 0 Å². The van der Waals surface area contributed by atoms with Gasteiger partial charge < -0.3 is 20.7 Å². The van der Waals surface area contributed by atoms with Crippen LogP contribution < -0.4 is 15.8 Å². The van der Waals surface area contributed by atoms with E-state index in [-0.39, 0.29) is 0 Å². The van der Waals surface area contributed by atoms with E-state index in [1.54, 1.807) is 0 Å². The summed E-state index contributed by atoms with van der Waals surface area (Å²) in [7, 11) is 0. The van der Waals surface area contributed by atoms with Gasteiger partial charge in [-0.25, -0.2) is 0 Å². The summed E-state index contributed by atoms with van der Waals surface area (Å²) in [4.78, 5) is 2.47. The lowest BCUT2D eigenvalue weighted by atomic mass is 10.0. The number of hydrogen-bond acceptors (Lipinski definition) is 4. The Morgan fingerprint density at radius 3 is 2.38 bits per heavy atom. The second kappa shape index (κ2) is 9.86. The van der Waals surface area contributed by atoms with Crippen molar-refractivity contribution in [2.24, 2.45) is 5.73 Å². The molecule has 0 amide bonds. The predicted molar refractivity (Wildman–Crippen MR) is 131 cm³/mol. The first kappa shape index (κ1) is 21.2. The first-order chi connectivity index (χ1) is 15.7. The van der Waals surface area contributed by atoms with Gasteiger partial charge in [0.2, 0.25) is 0 Å². The minimum Gasteiger partial charge on any atom is -0.489 e. The molecule has 5 rings (SSSR count). The zero-order valence-corrected chi connectivity index (χ0v) is 18.6. The summed E-state index contributed by atoms with van der Waals surface area (Å²) < 4.78 is 6.02. The summed E-state index contributed by atoms with van der Waals surface area (Å²) in [6.07, 6.45) is 2.37. The highest BCUT2D eigenvalue weighted by Gasteiger charge is 2.37. The van der Waals surface area contributed by atoms with Crippen LogP contribution in [-0.4, -0.2) is 43.2 Å². The van der Waals surface area contributed by atoms with E-state index >= 15 is 0 Å². The van der Waals surface area contributed by atoms with Crippen molar-refractivity contribution in [3.63, 3.8) is 0 Å². The first-order valence-corrected chi connectivity index (χ1v) is 11.8. The highest BCUT2D eigenvalue weighted by molar-refractivity contribution is 5.63. The number of hydrogen-bond donors (Lipinski definition) is 2. The number of likely N-dealkylation sites (tertiary alicyclic amines) is 1. The van der Waals surface area contributed by atoms with Crippen LogP contribution in [0.25, 0.3) is 11.1 Å². The number of ether oxygens (including phenoxy) is 1. The van der Waals surface area contributed by atoms with E-state index in [4.69, 9.17) is 10.5 Å². The lowest BCUT2D eigenvalue weighted by Crippen LogP contribution is -2.33. The van der Waals surface area contributed by atoms with Gasteiger partial charge in [-0.1, -0.05) is 66.7 Å². The van der Waals surface area contributed by atoms with E-state index in [0.717, 1.165) is 38.3 Å². The molecule has 1 heterocycles. The number of rotatable bonds is 9. The van der Waals surface area contributed by atoms with Crippen LogP contribution in [0.2, 0.25) is 0 Å². The SMILES string of the molecule is NC1CCN(CCNC2CC2c2ccc(OCc3ccc(-c4ccccc4)cc3)cc2)C1. The second-order valence-electron chi connectivity index (χ2n) is 9.17. The van der Waals surface area contributed by atoms with Crippen LogP contribution in [0.4, 0.5) is 0 Å². The zero-order chi connectivity index (χ0) is 21.8. The van der Waals surface area contributed by atoms with E-state index < -0.39 is 0 Å². The molecule has 0 aromatic heterocycles. The lowest BCUT2D eigenvalue weighted by molar-refractivity contribution is 0.306. The molecule has 0 spiro atoms. The summed E-state index contributed by atoms with van der Waals surface area (Å²) >= 11 is 0. The number of benzene rings is 3. The molecule has 166 valence electrons. The molecule has 4 nitrogen and oxygen atoms in total. The van der Waals surface area contributed by atoms with Crippen molar-refractivity contribution < 1.29 is 4.74 Å². The first-order valence-electron chi connectivity index (χ1n) is 11.8. The van der Waals surface area contributed by atoms with E-state index in [1.807, 2.05) is 6.07 Å². The van der Waals surface area contributed by atoms with Gasteiger partial charge in [0.05, 0.1) is 0 Å². The molecule has 0 bridgehead atoms. The molecule has 3 atom stereocenters. The van der Waals surface area contributed by atoms with Gasteiger partial charge in [0.1, 0.15) is 12.4 Å². The minimum atomic E-state index is 0.373. The van der Waals surface area contributed by atoms with E-state index in [9.17, 15) is 0 Å². The Bertz CT molecular complexity index is 987. The fraction of sp³-hybridized carbons (Fsp3) is 0.357. The zero-order valence-electron chi connectivity index (χ0n) is 18.6. The monoisotopic (exact) mass is 427 g/mol.